The monoisotopic (exact) mass is 341 g/mol. The van der Waals surface area contributed by atoms with Gasteiger partial charge in [-0.2, -0.15) is 0 Å². The zero-order valence-electron chi connectivity index (χ0n) is 13.4. The molecule has 1 saturated heterocycles. The number of aromatic nitrogens is 1. The number of benzene rings is 1. The summed E-state index contributed by atoms with van der Waals surface area (Å²) in [5.74, 6) is 0.185. The first-order valence-corrected chi connectivity index (χ1v) is 8.25. The van der Waals surface area contributed by atoms with E-state index >= 15 is 0 Å². The molecule has 0 bridgehead atoms. The molecule has 1 fully saturated rings. The summed E-state index contributed by atoms with van der Waals surface area (Å²) in [5, 5.41) is 0.817. The molecule has 7 heteroatoms. The summed E-state index contributed by atoms with van der Waals surface area (Å²) in [6.45, 7) is 3.71. The van der Waals surface area contributed by atoms with Gasteiger partial charge in [0.25, 0.3) is 0 Å². The van der Waals surface area contributed by atoms with Gasteiger partial charge in [0.15, 0.2) is 0 Å². The minimum Gasteiger partial charge on any atom is -0.406 e. The Labute approximate surface area is 138 Å². The van der Waals surface area contributed by atoms with Crippen LogP contribution in [-0.2, 0) is 0 Å². The Morgan fingerprint density at radius 1 is 1.25 bits per heavy atom. The van der Waals surface area contributed by atoms with Gasteiger partial charge in [0.2, 0.25) is 0 Å². The highest BCUT2D eigenvalue weighted by molar-refractivity contribution is 5.85. The van der Waals surface area contributed by atoms with E-state index < -0.39 is 6.36 Å². The number of hydrogen-bond donors (Lipinski definition) is 2. The average molecular weight is 341 g/mol. The van der Waals surface area contributed by atoms with Gasteiger partial charge in [-0.25, -0.2) is 0 Å². The van der Waals surface area contributed by atoms with Crippen LogP contribution in [0, 0.1) is 0 Å². The van der Waals surface area contributed by atoms with Gasteiger partial charge in [0.05, 0.1) is 0 Å². The Balaban J connectivity index is 1.74. The van der Waals surface area contributed by atoms with E-state index in [-0.39, 0.29) is 5.75 Å². The van der Waals surface area contributed by atoms with E-state index in [0.29, 0.717) is 12.5 Å². The summed E-state index contributed by atoms with van der Waals surface area (Å²) in [4.78, 5) is 5.55. The largest absolute Gasteiger partial charge is 0.573 e. The molecule has 2 aromatic rings. The molecule has 1 aromatic heterocycles. The van der Waals surface area contributed by atoms with Gasteiger partial charge in [-0.1, -0.05) is 0 Å². The highest BCUT2D eigenvalue weighted by Gasteiger charge is 2.31. The number of alkyl halides is 3. The first-order chi connectivity index (χ1) is 11.5. The number of likely N-dealkylation sites (tertiary alicyclic amines) is 1. The number of aromatic amines is 1. The molecule has 2 heterocycles. The maximum Gasteiger partial charge on any atom is 0.573 e. The molecule has 0 amide bonds. The van der Waals surface area contributed by atoms with E-state index in [1.54, 1.807) is 6.07 Å². The summed E-state index contributed by atoms with van der Waals surface area (Å²) in [6, 6.07) is 4.46. The van der Waals surface area contributed by atoms with Crippen molar-refractivity contribution in [1.82, 2.24) is 9.88 Å². The Hall–Kier alpha value is -1.73. The summed E-state index contributed by atoms with van der Waals surface area (Å²) in [5.41, 5.74) is 7.47. The van der Waals surface area contributed by atoms with Crippen molar-refractivity contribution in [3.8, 4) is 5.75 Å². The van der Waals surface area contributed by atoms with Gasteiger partial charge in [-0.15, -0.1) is 13.2 Å². The standard InChI is InChI=1S/C17H22F3N3O/c18-17(19,20)24-13-2-3-16-14(10-13)15(11-22-16)12-4-8-23(9-5-12)7-1-6-21/h2-3,10-12,22H,1,4-9,21H2. The number of piperidine rings is 1. The van der Waals surface area contributed by atoms with Gasteiger partial charge in [0.1, 0.15) is 5.75 Å². The van der Waals surface area contributed by atoms with Crippen LogP contribution >= 0.6 is 0 Å². The minimum absolute atomic E-state index is 0.170. The van der Waals surface area contributed by atoms with Crippen molar-refractivity contribution in [2.45, 2.75) is 31.5 Å². The summed E-state index contributed by atoms with van der Waals surface area (Å²) in [6.07, 6.45) is 0.250. The van der Waals surface area contributed by atoms with Gasteiger partial charge in [-0.05, 0) is 75.1 Å². The van der Waals surface area contributed by atoms with Crippen LogP contribution < -0.4 is 10.5 Å². The number of nitrogens with one attached hydrogen (secondary N) is 1. The molecule has 0 radical (unpaired) electrons. The number of nitrogens with zero attached hydrogens (tertiary/aromatic N) is 1. The van der Waals surface area contributed by atoms with Crippen molar-refractivity contribution in [1.29, 1.82) is 0 Å². The van der Waals surface area contributed by atoms with Gasteiger partial charge in [0, 0.05) is 17.1 Å². The number of fused-ring (bicyclic) bond motifs is 1. The highest BCUT2D eigenvalue weighted by atomic mass is 19.4. The molecule has 1 aromatic carbocycles. The first kappa shape index (κ1) is 17.1. The van der Waals surface area contributed by atoms with Gasteiger partial charge >= 0.3 is 6.36 Å². The van der Waals surface area contributed by atoms with Crippen molar-refractivity contribution in [2.24, 2.45) is 5.73 Å². The van der Waals surface area contributed by atoms with Crippen LogP contribution in [0.5, 0.6) is 5.75 Å². The molecule has 0 atom stereocenters. The van der Waals surface area contributed by atoms with Crippen molar-refractivity contribution >= 4 is 10.9 Å². The number of hydrogen-bond acceptors (Lipinski definition) is 3. The molecular weight excluding hydrogens is 319 g/mol. The number of nitrogens with two attached hydrogens (primary N) is 1. The Morgan fingerprint density at radius 3 is 2.67 bits per heavy atom. The fourth-order valence-corrected chi connectivity index (χ4v) is 3.44. The smallest absolute Gasteiger partial charge is 0.406 e. The quantitative estimate of drug-likeness (QED) is 0.874. The fourth-order valence-electron chi connectivity index (χ4n) is 3.44. The molecule has 1 aliphatic rings. The molecule has 0 unspecified atom stereocenters. The van der Waals surface area contributed by atoms with E-state index in [1.807, 2.05) is 6.20 Å². The molecule has 0 aliphatic carbocycles. The number of H-pyrrole nitrogens is 1. The lowest BCUT2D eigenvalue weighted by atomic mass is 9.89. The van der Waals surface area contributed by atoms with E-state index in [0.717, 1.165) is 55.4 Å². The first-order valence-electron chi connectivity index (χ1n) is 8.25. The molecule has 24 heavy (non-hydrogen) atoms. The minimum atomic E-state index is -4.67. The van der Waals surface area contributed by atoms with Crippen molar-refractivity contribution in [2.75, 3.05) is 26.2 Å². The lowest BCUT2D eigenvalue weighted by molar-refractivity contribution is -0.274. The third kappa shape index (κ3) is 4.02. The molecule has 132 valence electrons. The Morgan fingerprint density at radius 2 is 2.00 bits per heavy atom. The van der Waals surface area contributed by atoms with Gasteiger partial charge in [-0.3, -0.25) is 0 Å². The van der Waals surface area contributed by atoms with Crippen molar-refractivity contribution in [3.05, 3.63) is 30.0 Å². The third-order valence-electron chi connectivity index (χ3n) is 4.62. The van der Waals surface area contributed by atoms with Crippen molar-refractivity contribution in [3.63, 3.8) is 0 Å². The fraction of sp³-hybridized carbons (Fsp3) is 0.529. The van der Waals surface area contributed by atoms with E-state index in [4.69, 9.17) is 5.73 Å². The maximum atomic E-state index is 12.4. The number of rotatable bonds is 5. The zero-order chi connectivity index (χ0) is 17.2. The molecule has 3 N–H and O–H groups in total. The van der Waals surface area contributed by atoms with E-state index in [2.05, 4.69) is 14.6 Å². The van der Waals surface area contributed by atoms with Crippen LogP contribution in [0.1, 0.15) is 30.7 Å². The van der Waals surface area contributed by atoms with Crippen LogP contribution in [-0.4, -0.2) is 42.4 Å². The van der Waals surface area contributed by atoms with Crippen LogP contribution in [0.2, 0.25) is 0 Å². The molecule has 0 saturated carbocycles. The Kier molecular flexibility index (Phi) is 5.01. The number of ether oxygens (including phenoxy) is 1. The summed E-state index contributed by atoms with van der Waals surface area (Å²) >= 11 is 0. The average Bonchev–Trinajstić information content (AvgIpc) is 2.95. The molecule has 1 aliphatic heterocycles. The maximum absolute atomic E-state index is 12.4. The predicted molar refractivity (Wildman–Crippen MR) is 87.1 cm³/mol. The van der Waals surface area contributed by atoms with Crippen LogP contribution in [0.25, 0.3) is 10.9 Å². The highest BCUT2D eigenvalue weighted by Crippen LogP contribution is 2.35. The van der Waals surface area contributed by atoms with Crippen LogP contribution in [0.3, 0.4) is 0 Å². The SMILES string of the molecule is NCCCN1CCC(c2c[nH]c3ccc(OC(F)(F)F)cc23)CC1. The topological polar surface area (TPSA) is 54.3 Å². The second-order valence-corrected chi connectivity index (χ2v) is 6.26. The summed E-state index contributed by atoms with van der Waals surface area (Å²) < 4.78 is 41.3. The third-order valence-corrected chi connectivity index (χ3v) is 4.62. The van der Waals surface area contributed by atoms with Crippen molar-refractivity contribution < 1.29 is 17.9 Å². The normalized spacial score (nSPS) is 17.5. The Bertz CT molecular complexity index is 675. The molecule has 0 spiro atoms. The van der Waals surface area contributed by atoms with Gasteiger partial charge < -0.3 is 20.4 Å². The van der Waals surface area contributed by atoms with E-state index in [9.17, 15) is 13.2 Å². The van der Waals surface area contributed by atoms with E-state index in [1.165, 1.54) is 12.1 Å². The lowest BCUT2D eigenvalue weighted by Crippen LogP contribution is -2.34. The molecule has 3 rings (SSSR count). The molecule has 4 nitrogen and oxygen atoms in total. The number of halogens is 3. The van der Waals surface area contributed by atoms with Crippen LogP contribution in [0.15, 0.2) is 24.4 Å². The molecular formula is C17H22F3N3O. The lowest BCUT2D eigenvalue weighted by Gasteiger charge is -2.31. The second kappa shape index (κ2) is 7.03. The van der Waals surface area contributed by atoms with Crippen LogP contribution in [0.4, 0.5) is 13.2 Å². The summed E-state index contributed by atoms with van der Waals surface area (Å²) in [7, 11) is 0. The predicted octanol–water partition coefficient (Wildman–Crippen LogP) is 3.59. The second-order valence-electron chi connectivity index (χ2n) is 6.26. The zero-order valence-corrected chi connectivity index (χ0v) is 13.4.